The molecule has 0 aliphatic carbocycles. The number of rotatable bonds is 4. The predicted molar refractivity (Wildman–Crippen MR) is 64.7 cm³/mol. The summed E-state index contributed by atoms with van der Waals surface area (Å²) in [5, 5.41) is 9.12. The Hall–Kier alpha value is -1.56. The first-order valence-corrected chi connectivity index (χ1v) is 5.82. The van der Waals surface area contributed by atoms with Gasteiger partial charge in [-0.2, -0.15) is 13.2 Å². The zero-order chi connectivity index (χ0) is 14.6. The summed E-state index contributed by atoms with van der Waals surface area (Å²) in [7, 11) is 1.49. The van der Waals surface area contributed by atoms with Crippen molar-refractivity contribution in [2.75, 3.05) is 13.6 Å². The largest absolute Gasteiger partial charge is 0.416 e. The second-order valence-electron chi connectivity index (χ2n) is 4.44. The zero-order valence-electron chi connectivity index (χ0n) is 10.7. The third-order valence-electron chi connectivity index (χ3n) is 2.67. The van der Waals surface area contributed by atoms with Crippen LogP contribution in [0.25, 0.3) is 0 Å². The fourth-order valence-electron chi connectivity index (χ4n) is 1.53. The van der Waals surface area contributed by atoms with E-state index in [0.717, 1.165) is 12.1 Å². The summed E-state index contributed by atoms with van der Waals surface area (Å²) in [5.74, 6) is -0.494. The van der Waals surface area contributed by atoms with Crippen LogP contribution in [0, 0.1) is 0 Å². The monoisotopic (exact) mass is 275 g/mol. The lowest BCUT2D eigenvalue weighted by Gasteiger charge is -2.18. The van der Waals surface area contributed by atoms with Crippen LogP contribution >= 0.6 is 0 Å². The quantitative estimate of drug-likeness (QED) is 0.917. The topological polar surface area (TPSA) is 40.5 Å². The molecule has 1 N–H and O–H groups in total. The van der Waals surface area contributed by atoms with Crippen LogP contribution in [0.1, 0.15) is 29.3 Å². The van der Waals surface area contributed by atoms with E-state index in [2.05, 4.69) is 0 Å². The highest BCUT2D eigenvalue weighted by atomic mass is 19.4. The van der Waals surface area contributed by atoms with Gasteiger partial charge in [-0.25, -0.2) is 0 Å². The van der Waals surface area contributed by atoms with E-state index < -0.39 is 23.8 Å². The number of carbonyl (C=O) groups is 1. The van der Waals surface area contributed by atoms with Crippen LogP contribution < -0.4 is 0 Å². The van der Waals surface area contributed by atoms with Crippen molar-refractivity contribution in [3.8, 4) is 0 Å². The molecule has 0 radical (unpaired) electrons. The molecule has 0 aliphatic rings. The van der Waals surface area contributed by atoms with Crippen LogP contribution in [0.15, 0.2) is 24.3 Å². The van der Waals surface area contributed by atoms with Crippen LogP contribution in [-0.2, 0) is 6.18 Å². The third-order valence-corrected chi connectivity index (χ3v) is 2.67. The number of hydrogen-bond acceptors (Lipinski definition) is 2. The van der Waals surface area contributed by atoms with E-state index in [-0.39, 0.29) is 12.1 Å². The standard InChI is InChI=1S/C13H16F3NO2/c1-9(18)6-7-17(2)12(19)10-4-3-5-11(8-10)13(14,15)16/h3-5,8-9,18H,6-7H2,1-2H3. The highest BCUT2D eigenvalue weighted by Gasteiger charge is 2.31. The number of hydrogen-bond donors (Lipinski definition) is 1. The molecule has 0 aliphatic heterocycles. The van der Waals surface area contributed by atoms with Gasteiger partial charge in [0.2, 0.25) is 0 Å². The van der Waals surface area contributed by atoms with Gasteiger partial charge in [0.1, 0.15) is 0 Å². The van der Waals surface area contributed by atoms with Gasteiger partial charge >= 0.3 is 6.18 Å². The van der Waals surface area contributed by atoms with Crippen LogP contribution in [0.5, 0.6) is 0 Å². The van der Waals surface area contributed by atoms with Crippen LogP contribution in [-0.4, -0.2) is 35.6 Å². The van der Waals surface area contributed by atoms with Crippen molar-refractivity contribution in [3.05, 3.63) is 35.4 Å². The minimum absolute atomic E-state index is 0.0112. The number of aliphatic hydroxyl groups excluding tert-OH is 1. The molecule has 19 heavy (non-hydrogen) atoms. The Kier molecular flexibility index (Phi) is 4.94. The van der Waals surface area contributed by atoms with Gasteiger partial charge in [-0.15, -0.1) is 0 Å². The van der Waals surface area contributed by atoms with E-state index in [1.807, 2.05) is 0 Å². The van der Waals surface area contributed by atoms with Gasteiger partial charge in [0.05, 0.1) is 11.7 Å². The Morgan fingerprint density at radius 3 is 2.58 bits per heavy atom. The third kappa shape index (κ3) is 4.55. The van der Waals surface area contributed by atoms with Gasteiger partial charge in [0.25, 0.3) is 5.91 Å². The first kappa shape index (κ1) is 15.5. The molecular weight excluding hydrogens is 259 g/mol. The number of carbonyl (C=O) groups excluding carboxylic acids is 1. The molecule has 0 aromatic heterocycles. The Morgan fingerprint density at radius 1 is 1.42 bits per heavy atom. The van der Waals surface area contributed by atoms with Gasteiger partial charge in [0.15, 0.2) is 0 Å². The van der Waals surface area contributed by atoms with E-state index >= 15 is 0 Å². The normalized spacial score (nSPS) is 13.2. The molecule has 1 amide bonds. The molecule has 1 aromatic rings. The van der Waals surface area contributed by atoms with E-state index in [9.17, 15) is 18.0 Å². The SMILES string of the molecule is CC(O)CCN(C)C(=O)c1cccc(C(F)(F)F)c1. The number of halogens is 3. The molecule has 1 atom stereocenters. The number of aliphatic hydroxyl groups is 1. The Labute approximate surface area is 109 Å². The summed E-state index contributed by atoms with van der Waals surface area (Å²) < 4.78 is 37.6. The first-order valence-electron chi connectivity index (χ1n) is 5.82. The molecular formula is C13H16F3NO2. The van der Waals surface area contributed by atoms with Crippen molar-refractivity contribution in [1.82, 2.24) is 4.90 Å². The van der Waals surface area contributed by atoms with Crippen LogP contribution in [0.2, 0.25) is 0 Å². The molecule has 0 spiro atoms. The van der Waals surface area contributed by atoms with Gasteiger partial charge in [0, 0.05) is 19.2 Å². The summed E-state index contributed by atoms with van der Waals surface area (Å²) in [6.45, 7) is 1.87. The Balaban J connectivity index is 2.82. The van der Waals surface area contributed by atoms with Crippen molar-refractivity contribution in [1.29, 1.82) is 0 Å². The number of amides is 1. The summed E-state index contributed by atoms with van der Waals surface area (Å²) >= 11 is 0. The van der Waals surface area contributed by atoms with E-state index in [4.69, 9.17) is 5.11 Å². The van der Waals surface area contributed by atoms with Crippen LogP contribution in [0.4, 0.5) is 13.2 Å². The number of nitrogens with zero attached hydrogens (tertiary/aromatic N) is 1. The Bertz CT molecular complexity index is 444. The number of alkyl halides is 3. The average molecular weight is 275 g/mol. The summed E-state index contributed by atoms with van der Waals surface area (Å²) in [4.78, 5) is 13.2. The maximum Gasteiger partial charge on any atom is 0.416 e. The molecule has 1 aromatic carbocycles. The molecule has 0 heterocycles. The van der Waals surface area contributed by atoms with Crippen molar-refractivity contribution in [2.45, 2.75) is 25.6 Å². The summed E-state index contributed by atoms with van der Waals surface area (Å²) in [6.07, 6.45) is -4.65. The minimum atomic E-state index is -4.46. The molecule has 0 bridgehead atoms. The molecule has 106 valence electrons. The molecule has 0 fully saturated rings. The fourth-order valence-corrected chi connectivity index (χ4v) is 1.53. The zero-order valence-corrected chi connectivity index (χ0v) is 10.7. The van der Waals surface area contributed by atoms with Gasteiger partial charge in [-0.3, -0.25) is 4.79 Å². The highest BCUT2D eigenvalue weighted by molar-refractivity contribution is 5.94. The van der Waals surface area contributed by atoms with Crippen molar-refractivity contribution in [3.63, 3.8) is 0 Å². The van der Waals surface area contributed by atoms with E-state index in [1.165, 1.54) is 24.1 Å². The fraction of sp³-hybridized carbons (Fsp3) is 0.462. The van der Waals surface area contributed by atoms with Gasteiger partial charge < -0.3 is 10.0 Å². The first-order chi connectivity index (χ1) is 8.71. The van der Waals surface area contributed by atoms with Crippen molar-refractivity contribution < 1.29 is 23.1 Å². The maximum atomic E-state index is 12.5. The van der Waals surface area contributed by atoms with E-state index in [0.29, 0.717) is 6.42 Å². The lowest BCUT2D eigenvalue weighted by molar-refractivity contribution is -0.137. The average Bonchev–Trinajstić information content (AvgIpc) is 2.34. The molecule has 0 saturated heterocycles. The summed E-state index contributed by atoms with van der Waals surface area (Å²) in [5.41, 5.74) is -0.856. The second kappa shape index (κ2) is 6.06. The lowest BCUT2D eigenvalue weighted by Crippen LogP contribution is -2.29. The second-order valence-corrected chi connectivity index (χ2v) is 4.44. The summed E-state index contributed by atoms with van der Waals surface area (Å²) in [6, 6.07) is 4.31. The minimum Gasteiger partial charge on any atom is -0.393 e. The Morgan fingerprint density at radius 2 is 2.05 bits per heavy atom. The molecule has 3 nitrogen and oxygen atoms in total. The highest BCUT2D eigenvalue weighted by Crippen LogP contribution is 2.29. The molecule has 1 rings (SSSR count). The van der Waals surface area contributed by atoms with Gasteiger partial charge in [-0.05, 0) is 31.5 Å². The van der Waals surface area contributed by atoms with Crippen LogP contribution in [0.3, 0.4) is 0 Å². The molecule has 6 heteroatoms. The van der Waals surface area contributed by atoms with Crippen molar-refractivity contribution in [2.24, 2.45) is 0 Å². The smallest absolute Gasteiger partial charge is 0.393 e. The van der Waals surface area contributed by atoms with Gasteiger partial charge in [-0.1, -0.05) is 6.07 Å². The molecule has 1 unspecified atom stereocenters. The van der Waals surface area contributed by atoms with Crippen molar-refractivity contribution >= 4 is 5.91 Å². The molecule has 0 saturated carbocycles. The maximum absolute atomic E-state index is 12.5. The number of benzene rings is 1. The lowest BCUT2D eigenvalue weighted by atomic mass is 10.1. The van der Waals surface area contributed by atoms with E-state index in [1.54, 1.807) is 6.92 Å². The predicted octanol–water partition coefficient (Wildman–Crippen LogP) is 2.55.